The van der Waals surface area contributed by atoms with Crippen LogP contribution in [0.1, 0.15) is 18.9 Å². The summed E-state index contributed by atoms with van der Waals surface area (Å²) in [5.74, 6) is 0.926. The number of fused-ring (bicyclic) bond motifs is 1. The molecule has 3 rings (SSSR count). The molecule has 0 fully saturated rings. The molecule has 1 aromatic carbocycles. The van der Waals surface area contributed by atoms with Gasteiger partial charge in [0, 0.05) is 43.7 Å². The molecule has 0 spiro atoms. The van der Waals surface area contributed by atoms with E-state index in [0.717, 1.165) is 18.0 Å². The van der Waals surface area contributed by atoms with Gasteiger partial charge in [0.15, 0.2) is 0 Å². The maximum atomic E-state index is 12.8. The number of aromatic nitrogens is 2. The van der Waals surface area contributed by atoms with Gasteiger partial charge in [-0.15, -0.1) is 0 Å². The van der Waals surface area contributed by atoms with Crippen molar-refractivity contribution in [2.45, 2.75) is 26.1 Å². The lowest BCUT2D eigenvalue weighted by atomic mass is 10.1. The number of nitrogens with one attached hydrogen (secondary N) is 1. The van der Waals surface area contributed by atoms with Gasteiger partial charge < -0.3 is 10.2 Å². The van der Waals surface area contributed by atoms with Crippen molar-refractivity contribution in [3.8, 4) is 0 Å². The van der Waals surface area contributed by atoms with E-state index in [1.807, 2.05) is 15.6 Å². The molecule has 0 aliphatic carbocycles. The number of carbonyl (C=O) groups excluding carboxylic acids is 1. The van der Waals surface area contributed by atoms with E-state index in [2.05, 4.69) is 10.4 Å². The van der Waals surface area contributed by atoms with Crippen LogP contribution in [0.15, 0.2) is 36.5 Å². The lowest BCUT2D eigenvalue weighted by Gasteiger charge is -2.35. The van der Waals surface area contributed by atoms with Crippen LogP contribution in [0.4, 0.5) is 24.7 Å². The summed E-state index contributed by atoms with van der Waals surface area (Å²) in [5, 5.41) is 7.14. The highest BCUT2D eigenvalue weighted by molar-refractivity contribution is 5.75. The molecule has 8 heteroatoms. The maximum Gasteiger partial charge on any atom is 0.416 e. The second-order valence-electron chi connectivity index (χ2n) is 6.05. The molecule has 1 N–H and O–H groups in total. The number of hydrogen-bond acceptors (Lipinski definition) is 3. The Bertz CT molecular complexity index is 739. The third-order valence-electron chi connectivity index (χ3n) is 4.26. The molecule has 134 valence electrons. The van der Waals surface area contributed by atoms with E-state index in [0.29, 0.717) is 31.7 Å². The number of nitrogens with zero attached hydrogens (tertiary/aromatic N) is 3. The first-order valence-corrected chi connectivity index (χ1v) is 8.11. The molecule has 1 aliphatic rings. The molecule has 1 aromatic heterocycles. The number of alkyl halides is 3. The number of rotatable bonds is 4. The van der Waals surface area contributed by atoms with Crippen molar-refractivity contribution in [2.75, 3.05) is 18.0 Å². The zero-order chi connectivity index (χ0) is 18.0. The van der Waals surface area contributed by atoms with E-state index in [1.165, 1.54) is 12.1 Å². The lowest BCUT2D eigenvalue weighted by molar-refractivity contribution is -0.137. The Morgan fingerprint density at radius 2 is 1.96 bits per heavy atom. The van der Waals surface area contributed by atoms with E-state index in [9.17, 15) is 18.0 Å². The Kier molecular flexibility index (Phi) is 4.69. The number of anilines is 2. The zero-order valence-electron chi connectivity index (χ0n) is 13.8. The number of halogens is 3. The van der Waals surface area contributed by atoms with Crippen LogP contribution in [0.3, 0.4) is 0 Å². The van der Waals surface area contributed by atoms with Crippen molar-refractivity contribution in [3.63, 3.8) is 0 Å². The van der Waals surface area contributed by atoms with Crippen molar-refractivity contribution < 1.29 is 18.0 Å². The van der Waals surface area contributed by atoms with Gasteiger partial charge in [-0.05, 0) is 24.3 Å². The third kappa shape index (κ3) is 3.78. The average Bonchev–Trinajstić information content (AvgIpc) is 3.06. The third-order valence-corrected chi connectivity index (χ3v) is 4.26. The highest BCUT2D eigenvalue weighted by Crippen LogP contribution is 2.34. The van der Waals surface area contributed by atoms with Gasteiger partial charge >= 0.3 is 6.18 Å². The maximum absolute atomic E-state index is 12.8. The smallest absolute Gasteiger partial charge is 0.356 e. The Balaban J connectivity index is 1.81. The molecule has 1 atom stereocenters. The first-order chi connectivity index (χ1) is 11.9. The fourth-order valence-electron chi connectivity index (χ4n) is 2.93. The number of hydrogen-bond donors (Lipinski definition) is 1. The summed E-state index contributed by atoms with van der Waals surface area (Å²) in [6, 6.07) is 6.93. The van der Waals surface area contributed by atoms with Crippen LogP contribution in [0.25, 0.3) is 0 Å². The molecular weight excluding hydrogens is 333 g/mol. The summed E-state index contributed by atoms with van der Waals surface area (Å²) >= 11 is 0. The molecule has 0 saturated carbocycles. The first kappa shape index (κ1) is 17.3. The standard InChI is InChI=1S/C17H19F3N4O/c1-2-15(25)21-9-12-10-23(16-7-8-22-24(16)11-12)14-5-3-13(4-6-14)17(18,19)20/h3-8,12H,2,9-11H2,1H3,(H,21,25)/t12-/m0/s1. The largest absolute Gasteiger partial charge is 0.416 e. The summed E-state index contributed by atoms with van der Waals surface area (Å²) in [5.41, 5.74) is -0.00482. The topological polar surface area (TPSA) is 50.2 Å². The Hall–Kier alpha value is -2.51. The van der Waals surface area contributed by atoms with Gasteiger partial charge in [-0.2, -0.15) is 18.3 Å². The quantitative estimate of drug-likeness (QED) is 0.919. The zero-order valence-corrected chi connectivity index (χ0v) is 13.8. The Morgan fingerprint density at radius 1 is 1.24 bits per heavy atom. The highest BCUT2D eigenvalue weighted by atomic mass is 19.4. The van der Waals surface area contributed by atoms with Gasteiger partial charge in [0.1, 0.15) is 5.82 Å². The Morgan fingerprint density at radius 3 is 2.60 bits per heavy atom. The van der Waals surface area contributed by atoms with Gasteiger partial charge in [0.2, 0.25) is 5.91 Å². The van der Waals surface area contributed by atoms with Crippen LogP contribution in [-0.4, -0.2) is 28.8 Å². The fraction of sp³-hybridized carbons (Fsp3) is 0.412. The van der Waals surface area contributed by atoms with E-state index in [1.54, 1.807) is 13.1 Å². The van der Waals surface area contributed by atoms with Crippen LogP contribution in [0.5, 0.6) is 0 Å². The minimum Gasteiger partial charge on any atom is -0.356 e. The minimum atomic E-state index is -4.35. The van der Waals surface area contributed by atoms with E-state index < -0.39 is 11.7 Å². The van der Waals surface area contributed by atoms with E-state index >= 15 is 0 Å². The predicted octanol–water partition coefficient (Wildman–Crippen LogP) is 3.20. The summed E-state index contributed by atoms with van der Waals surface area (Å²) in [4.78, 5) is 13.4. The monoisotopic (exact) mass is 352 g/mol. The lowest BCUT2D eigenvalue weighted by Crippen LogP contribution is -2.41. The van der Waals surface area contributed by atoms with Crippen molar-refractivity contribution in [1.29, 1.82) is 0 Å². The Labute approximate surface area is 143 Å². The fourth-order valence-corrected chi connectivity index (χ4v) is 2.93. The van der Waals surface area contributed by atoms with Crippen molar-refractivity contribution in [1.82, 2.24) is 15.1 Å². The summed E-state index contributed by atoms with van der Waals surface area (Å²) in [6.07, 6.45) is -2.27. The molecule has 25 heavy (non-hydrogen) atoms. The van der Waals surface area contributed by atoms with Crippen LogP contribution in [-0.2, 0) is 17.5 Å². The normalized spacial score (nSPS) is 17.3. The molecule has 2 heterocycles. The molecule has 1 aliphatic heterocycles. The molecule has 2 aromatic rings. The van der Waals surface area contributed by atoms with E-state index in [4.69, 9.17) is 0 Å². The summed E-state index contributed by atoms with van der Waals surface area (Å²) in [7, 11) is 0. The number of benzene rings is 1. The first-order valence-electron chi connectivity index (χ1n) is 8.11. The number of amides is 1. The van der Waals surface area contributed by atoms with E-state index in [-0.39, 0.29) is 11.8 Å². The molecular formula is C17H19F3N4O. The molecule has 5 nitrogen and oxygen atoms in total. The predicted molar refractivity (Wildman–Crippen MR) is 87.5 cm³/mol. The summed E-state index contributed by atoms with van der Waals surface area (Å²) < 4.78 is 40.1. The van der Waals surface area contributed by atoms with Gasteiger partial charge in [0.05, 0.1) is 11.8 Å². The van der Waals surface area contributed by atoms with Crippen LogP contribution >= 0.6 is 0 Å². The van der Waals surface area contributed by atoms with Crippen molar-refractivity contribution in [2.24, 2.45) is 5.92 Å². The average molecular weight is 352 g/mol. The second kappa shape index (κ2) is 6.78. The van der Waals surface area contributed by atoms with Gasteiger partial charge in [0.25, 0.3) is 0 Å². The SMILES string of the molecule is CCC(=O)NC[C@H]1CN(c2ccc(C(F)(F)F)cc2)c2ccnn2C1. The second-order valence-corrected chi connectivity index (χ2v) is 6.05. The highest BCUT2D eigenvalue weighted by Gasteiger charge is 2.31. The minimum absolute atomic E-state index is 0.0210. The molecule has 0 bridgehead atoms. The summed E-state index contributed by atoms with van der Waals surface area (Å²) in [6.45, 7) is 3.55. The van der Waals surface area contributed by atoms with Gasteiger partial charge in [-0.25, -0.2) is 4.68 Å². The van der Waals surface area contributed by atoms with Crippen LogP contribution in [0, 0.1) is 5.92 Å². The molecule has 0 radical (unpaired) electrons. The van der Waals surface area contributed by atoms with Crippen molar-refractivity contribution in [3.05, 3.63) is 42.1 Å². The van der Waals surface area contributed by atoms with Crippen LogP contribution < -0.4 is 10.2 Å². The molecule has 0 saturated heterocycles. The van der Waals surface area contributed by atoms with Gasteiger partial charge in [-0.3, -0.25) is 4.79 Å². The molecule has 1 amide bonds. The number of carbonyl (C=O) groups is 1. The van der Waals surface area contributed by atoms with Crippen molar-refractivity contribution >= 4 is 17.4 Å². The molecule has 0 unspecified atom stereocenters. The van der Waals surface area contributed by atoms with Gasteiger partial charge in [-0.1, -0.05) is 6.92 Å². The van der Waals surface area contributed by atoms with Crippen LogP contribution in [0.2, 0.25) is 0 Å².